The summed E-state index contributed by atoms with van der Waals surface area (Å²) < 4.78 is 0. The SMILES string of the molecule is CNCC(C)C(=O)NCC1CCCCN1Cc1ccccc1.Cl.Cl. The maximum Gasteiger partial charge on any atom is 0.224 e. The minimum Gasteiger partial charge on any atom is -0.354 e. The number of carbonyl (C=O) groups excluding carboxylic acids is 1. The van der Waals surface area contributed by atoms with Crippen molar-refractivity contribution in [2.24, 2.45) is 5.92 Å². The standard InChI is InChI=1S/C18H29N3O.2ClH/c1-15(12-19-2)18(22)20-13-17-10-6-7-11-21(17)14-16-8-4-3-5-9-16;;/h3-5,8-9,15,17,19H,6-7,10-14H2,1-2H3,(H,20,22);2*1H. The molecule has 2 unspecified atom stereocenters. The van der Waals surface area contributed by atoms with Crippen LogP contribution in [0.3, 0.4) is 0 Å². The van der Waals surface area contributed by atoms with Gasteiger partial charge in [-0.25, -0.2) is 0 Å². The van der Waals surface area contributed by atoms with E-state index in [0.717, 1.165) is 26.2 Å². The highest BCUT2D eigenvalue weighted by Gasteiger charge is 2.23. The molecule has 138 valence electrons. The van der Waals surface area contributed by atoms with Gasteiger partial charge in [0.2, 0.25) is 5.91 Å². The lowest BCUT2D eigenvalue weighted by Crippen LogP contribution is -2.47. The highest BCUT2D eigenvalue weighted by atomic mass is 35.5. The average molecular weight is 376 g/mol. The van der Waals surface area contributed by atoms with Crippen LogP contribution >= 0.6 is 24.8 Å². The lowest BCUT2D eigenvalue weighted by atomic mass is 10.0. The molecule has 0 bridgehead atoms. The average Bonchev–Trinajstić information content (AvgIpc) is 2.55. The summed E-state index contributed by atoms with van der Waals surface area (Å²) in [5, 5.41) is 6.19. The second-order valence-corrected chi connectivity index (χ2v) is 6.31. The molecule has 1 saturated heterocycles. The molecule has 2 rings (SSSR count). The number of halogens is 2. The normalized spacial score (nSPS) is 18.8. The van der Waals surface area contributed by atoms with Crippen molar-refractivity contribution in [2.75, 3.05) is 26.7 Å². The molecule has 0 radical (unpaired) electrons. The molecule has 4 nitrogen and oxygen atoms in total. The van der Waals surface area contributed by atoms with Crippen LogP contribution in [0, 0.1) is 5.92 Å². The first kappa shape index (κ1) is 23.2. The van der Waals surface area contributed by atoms with E-state index in [0.29, 0.717) is 6.04 Å². The van der Waals surface area contributed by atoms with Crippen molar-refractivity contribution in [1.82, 2.24) is 15.5 Å². The van der Waals surface area contributed by atoms with Crippen LogP contribution in [0.25, 0.3) is 0 Å². The van der Waals surface area contributed by atoms with Crippen molar-refractivity contribution in [1.29, 1.82) is 0 Å². The zero-order valence-electron chi connectivity index (χ0n) is 14.7. The van der Waals surface area contributed by atoms with Gasteiger partial charge in [0.1, 0.15) is 0 Å². The molecule has 2 atom stereocenters. The molecule has 1 aromatic carbocycles. The number of piperidine rings is 1. The fourth-order valence-corrected chi connectivity index (χ4v) is 3.11. The predicted molar refractivity (Wildman–Crippen MR) is 105 cm³/mol. The maximum atomic E-state index is 12.1. The van der Waals surface area contributed by atoms with E-state index in [4.69, 9.17) is 0 Å². The predicted octanol–water partition coefficient (Wildman–Crippen LogP) is 2.86. The van der Waals surface area contributed by atoms with Crippen LogP contribution in [0.2, 0.25) is 0 Å². The number of rotatable bonds is 7. The van der Waals surface area contributed by atoms with Gasteiger partial charge in [-0.05, 0) is 32.0 Å². The third kappa shape index (κ3) is 7.39. The number of likely N-dealkylation sites (tertiary alicyclic amines) is 1. The Morgan fingerprint density at radius 2 is 1.96 bits per heavy atom. The molecule has 0 saturated carbocycles. The second kappa shape index (κ2) is 12.5. The Balaban J connectivity index is 0.00000264. The summed E-state index contributed by atoms with van der Waals surface area (Å²) in [6.07, 6.45) is 3.69. The molecule has 1 aromatic rings. The third-order valence-corrected chi connectivity index (χ3v) is 4.45. The molecular formula is C18H31Cl2N3O. The summed E-state index contributed by atoms with van der Waals surface area (Å²) in [6, 6.07) is 11.1. The Morgan fingerprint density at radius 1 is 1.25 bits per heavy atom. The van der Waals surface area contributed by atoms with Gasteiger partial charge < -0.3 is 10.6 Å². The quantitative estimate of drug-likeness (QED) is 0.769. The topological polar surface area (TPSA) is 44.4 Å². The van der Waals surface area contributed by atoms with Gasteiger partial charge in [-0.1, -0.05) is 43.7 Å². The van der Waals surface area contributed by atoms with Crippen LogP contribution in [0.5, 0.6) is 0 Å². The van der Waals surface area contributed by atoms with Gasteiger partial charge in [-0.15, -0.1) is 24.8 Å². The van der Waals surface area contributed by atoms with Crippen LogP contribution in [-0.4, -0.2) is 43.5 Å². The second-order valence-electron chi connectivity index (χ2n) is 6.31. The Morgan fingerprint density at radius 3 is 2.62 bits per heavy atom. The first-order chi connectivity index (χ1) is 10.7. The number of nitrogens with zero attached hydrogens (tertiary/aromatic N) is 1. The van der Waals surface area contributed by atoms with E-state index in [1.165, 1.54) is 24.8 Å². The largest absolute Gasteiger partial charge is 0.354 e. The molecule has 1 amide bonds. The van der Waals surface area contributed by atoms with E-state index < -0.39 is 0 Å². The zero-order valence-corrected chi connectivity index (χ0v) is 16.3. The molecule has 1 aliphatic heterocycles. The molecule has 24 heavy (non-hydrogen) atoms. The summed E-state index contributed by atoms with van der Waals surface area (Å²) >= 11 is 0. The fraction of sp³-hybridized carbons (Fsp3) is 0.611. The Bertz CT molecular complexity index is 459. The van der Waals surface area contributed by atoms with Crippen molar-refractivity contribution in [2.45, 2.75) is 38.8 Å². The van der Waals surface area contributed by atoms with Gasteiger partial charge in [0.15, 0.2) is 0 Å². The molecule has 6 heteroatoms. The molecule has 2 N–H and O–H groups in total. The van der Waals surface area contributed by atoms with Crippen LogP contribution in [-0.2, 0) is 11.3 Å². The summed E-state index contributed by atoms with van der Waals surface area (Å²) in [5.41, 5.74) is 1.35. The minimum absolute atomic E-state index is 0. The van der Waals surface area contributed by atoms with Gasteiger partial charge in [-0.2, -0.15) is 0 Å². The first-order valence-electron chi connectivity index (χ1n) is 8.41. The maximum absolute atomic E-state index is 12.1. The number of hydrogen-bond acceptors (Lipinski definition) is 3. The van der Waals surface area contributed by atoms with Gasteiger partial charge >= 0.3 is 0 Å². The Labute approximate surface area is 158 Å². The summed E-state index contributed by atoms with van der Waals surface area (Å²) in [4.78, 5) is 14.6. The summed E-state index contributed by atoms with van der Waals surface area (Å²) in [6.45, 7) is 5.56. The van der Waals surface area contributed by atoms with Crippen molar-refractivity contribution < 1.29 is 4.79 Å². The molecule has 1 aliphatic rings. The van der Waals surface area contributed by atoms with Crippen LogP contribution in [0.15, 0.2) is 30.3 Å². The number of benzene rings is 1. The highest BCUT2D eigenvalue weighted by Crippen LogP contribution is 2.19. The lowest BCUT2D eigenvalue weighted by molar-refractivity contribution is -0.124. The van der Waals surface area contributed by atoms with E-state index in [9.17, 15) is 4.79 Å². The Hall–Kier alpha value is -0.810. The lowest BCUT2D eigenvalue weighted by Gasteiger charge is -2.36. The van der Waals surface area contributed by atoms with E-state index in [1.807, 2.05) is 14.0 Å². The molecule has 0 aromatic heterocycles. The molecule has 1 fully saturated rings. The van der Waals surface area contributed by atoms with Crippen LogP contribution in [0.1, 0.15) is 31.7 Å². The van der Waals surface area contributed by atoms with Crippen LogP contribution < -0.4 is 10.6 Å². The minimum atomic E-state index is 0. The Kier molecular flexibility index (Phi) is 12.1. The van der Waals surface area contributed by atoms with Crippen molar-refractivity contribution >= 4 is 30.7 Å². The fourth-order valence-electron chi connectivity index (χ4n) is 3.11. The number of carbonyl (C=O) groups is 1. The third-order valence-electron chi connectivity index (χ3n) is 4.45. The molecular weight excluding hydrogens is 345 g/mol. The van der Waals surface area contributed by atoms with Crippen molar-refractivity contribution in [3.8, 4) is 0 Å². The first-order valence-corrected chi connectivity index (χ1v) is 8.41. The van der Waals surface area contributed by atoms with Gasteiger partial charge in [0, 0.05) is 31.6 Å². The highest BCUT2D eigenvalue weighted by molar-refractivity contribution is 5.85. The number of amides is 1. The van der Waals surface area contributed by atoms with E-state index in [1.54, 1.807) is 0 Å². The van der Waals surface area contributed by atoms with Crippen LogP contribution in [0.4, 0.5) is 0 Å². The summed E-state index contributed by atoms with van der Waals surface area (Å²) in [7, 11) is 1.88. The van der Waals surface area contributed by atoms with E-state index >= 15 is 0 Å². The zero-order chi connectivity index (χ0) is 15.8. The molecule has 0 aliphatic carbocycles. The molecule has 1 heterocycles. The van der Waals surface area contributed by atoms with Crippen molar-refractivity contribution in [3.05, 3.63) is 35.9 Å². The van der Waals surface area contributed by atoms with E-state index in [-0.39, 0.29) is 36.6 Å². The van der Waals surface area contributed by atoms with Gasteiger partial charge in [0.25, 0.3) is 0 Å². The van der Waals surface area contributed by atoms with Crippen molar-refractivity contribution in [3.63, 3.8) is 0 Å². The smallest absolute Gasteiger partial charge is 0.224 e. The number of nitrogens with one attached hydrogen (secondary N) is 2. The van der Waals surface area contributed by atoms with Gasteiger partial charge in [-0.3, -0.25) is 9.69 Å². The molecule has 0 spiro atoms. The van der Waals surface area contributed by atoms with E-state index in [2.05, 4.69) is 45.9 Å². The summed E-state index contributed by atoms with van der Waals surface area (Å²) in [5.74, 6) is 0.177. The monoisotopic (exact) mass is 375 g/mol. The van der Waals surface area contributed by atoms with Gasteiger partial charge in [0.05, 0.1) is 0 Å². The number of hydrogen-bond donors (Lipinski definition) is 2.